The number of benzene rings is 1. The number of nitrogens with one attached hydrogen (secondary N) is 1. The van der Waals surface area contributed by atoms with Gasteiger partial charge in [-0.25, -0.2) is 0 Å². The second-order valence-electron chi connectivity index (χ2n) is 5.26. The molecule has 19 heavy (non-hydrogen) atoms. The van der Waals surface area contributed by atoms with E-state index in [1.807, 2.05) is 30.3 Å². The van der Waals surface area contributed by atoms with Gasteiger partial charge >= 0.3 is 0 Å². The zero-order chi connectivity index (χ0) is 13.0. The molecule has 0 heterocycles. The van der Waals surface area contributed by atoms with Crippen LogP contribution in [0.15, 0.2) is 30.3 Å². The van der Waals surface area contributed by atoms with Gasteiger partial charge in [0.1, 0.15) is 0 Å². The maximum Gasteiger partial charge on any atom is 0.226 e. The van der Waals surface area contributed by atoms with Crippen LogP contribution in [0.5, 0.6) is 0 Å². The first-order valence-corrected chi connectivity index (χ1v) is 6.77. The van der Waals surface area contributed by atoms with Crippen molar-refractivity contribution in [1.82, 2.24) is 5.32 Å². The zero-order valence-corrected chi connectivity index (χ0v) is 12.2. The zero-order valence-electron chi connectivity index (χ0n) is 11.4. The fourth-order valence-corrected chi connectivity index (χ4v) is 2.43. The Morgan fingerprint density at radius 3 is 2.53 bits per heavy atom. The van der Waals surface area contributed by atoms with Gasteiger partial charge in [-0.1, -0.05) is 43.7 Å². The van der Waals surface area contributed by atoms with Gasteiger partial charge in [0.05, 0.1) is 0 Å². The molecule has 4 heteroatoms. The van der Waals surface area contributed by atoms with Crippen LogP contribution in [-0.2, 0) is 4.79 Å². The summed E-state index contributed by atoms with van der Waals surface area (Å²) in [6.07, 6.45) is 4.14. The second kappa shape index (κ2) is 6.92. The molecular weight excluding hydrogens is 260 g/mol. The summed E-state index contributed by atoms with van der Waals surface area (Å²) >= 11 is 0. The summed E-state index contributed by atoms with van der Waals surface area (Å²) in [5.74, 6) is 0.190. The molecule has 1 aliphatic rings. The van der Waals surface area contributed by atoms with E-state index in [0.29, 0.717) is 6.54 Å². The highest BCUT2D eigenvalue weighted by atomic mass is 35.5. The lowest BCUT2D eigenvalue weighted by atomic mass is 9.99. The highest BCUT2D eigenvalue weighted by molar-refractivity contribution is 5.85. The van der Waals surface area contributed by atoms with Crippen molar-refractivity contribution < 1.29 is 4.79 Å². The first kappa shape index (κ1) is 16.0. The summed E-state index contributed by atoms with van der Waals surface area (Å²) in [5, 5.41) is 3.00. The number of hydrogen-bond acceptors (Lipinski definition) is 2. The molecule has 1 unspecified atom stereocenters. The molecule has 3 N–H and O–H groups in total. The molecule has 1 atom stereocenters. The number of rotatable bonds is 6. The molecule has 1 fully saturated rings. The monoisotopic (exact) mass is 282 g/mol. The number of nitrogens with two attached hydrogens (primary N) is 1. The third-order valence-corrected chi connectivity index (χ3v) is 3.77. The van der Waals surface area contributed by atoms with E-state index in [-0.39, 0.29) is 29.8 Å². The van der Waals surface area contributed by atoms with Crippen LogP contribution >= 0.6 is 12.4 Å². The van der Waals surface area contributed by atoms with Crippen LogP contribution in [0.1, 0.15) is 44.2 Å². The standard InChI is InChI=1S/C15H22N2O.ClH/c1-2-8-15(9-10-15)14(18)17-11-13(16)12-6-4-3-5-7-12;/h3-7,13H,2,8-11,16H2,1H3,(H,17,18);1H. The van der Waals surface area contributed by atoms with Gasteiger partial charge < -0.3 is 11.1 Å². The minimum absolute atomic E-state index is 0. The Morgan fingerprint density at radius 2 is 2.00 bits per heavy atom. The lowest BCUT2D eigenvalue weighted by Crippen LogP contribution is -2.37. The van der Waals surface area contributed by atoms with E-state index in [0.717, 1.165) is 31.2 Å². The summed E-state index contributed by atoms with van der Waals surface area (Å²) < 4.78 is 0. The average molecular weight is 283 g/mol. The van der Waals surface area contributed by atoms with E-state index in [4.69, 9.17) is 5.73 Å². The molecule has 0 saturated heterocycles. The molecule has 1 saturated carbocycles. The van der Waals surface area contributed by atoms with Gasteiger partial charge in [0, 0.05) is 18.0 Å². The molecule has 2 rings (SSSR count). The molecule has 0 spiro atoms. The fourth-order valence-electron chi connectivity index (χ4n) is 2.43. The molecule has 1 aromatic rings. The van der Waals surface area contributed by atoms with E-state index in [1.165, 1.54) is 0 Å². The van der Waals surface area contributed by atoms with Crippen LogP contribution in [-0.4, -0.2) is 12.5 Å². The normalized spacial score (nSPS) is 17.2. The number of amides is 1. The second-order valence-corrected chi connectivity index (χ2v) is 5.26. The topological polar surface area (TPSA) is 55.1 Å². The minimum atomic E-state index is -0.118. The molecule has 0 aliphatic heterocycles. The van der Waals surface area contributed by atoms with Crippen LogP contribution in [0, 0.1) is 5.41 Å². The Kier molecular flexibility index (Phi) is 5.83. The molecule has 106 valence electrons. The first-order valence-electron chi connectivity index (χ1n) is 6.77. The molecule has 0 aromatic heterocycles. The predicted molar refractivity (Wildman–Crippen MR) is 80.2 cm³/mol. The van der Waals surface area contributed by atoms with Crippen molar-refractivity contribution in [1.29, 1.82) is 0 Å². The molecule has 3 nitrogen and oxygen atoms in total. The summed E-state index contributed by atoms with van der Waals surface area (Å²) in [5.41, 5.74) is 7.07. The Bertz CT molecular complexity index is 404. The molecule has 1 amide bonds. The lowest BCUT2D eigenvalue weighted by Gasteiger charge is -2.17. The van der Waals surface area contributed by atoms with Crippen molar-refractivity contribution in [2.24, 2.45) is 11.1 Å². The third-order valence-electron chi connectivity index (χ3n) is 3.77. The van der Waals surface area contributed by atoms with Crippen LogP contribution < -0.4 is 11.1 Å². The van der Waals surface area contributed by atoms with Crippen molar-refractivity contribution in [2.45, 2.75) is 38.6 Å². The fraction of sp³-hybridized carbons (Fsp3) is 0.533. The van der Waals surface area contributed by atoms with Crippen molar-refractivity contribution in [3.63, 3.8) is 0 Å². The Hall–Kier alpha value is -1.06. The summed E-state index contributed by atoms with van der Waals surface area (Å²) in [4.78, 5) is 12.1. The van der Waals surface area contributed by atoms with Gasteiger partial charge in [0.2, 0.25) is 5.91 Å². The van der Waals surface area contributed by atoms with Crippen LogP contribution in [0.4, 0.5) is 0 Å². The van der Waals surface area contributed by atoms with Crippen molar-refractivity contribution in [3.8, 4) is 0 Å². The first-order chi connectivity index (χ1) is 8.68. The van der Waals surface area contributed by atoms with Gasteiger partial charge in [-0.3, -0.25) is 4.79 Å². The van der Waals surface area contributed by atoms with Gasteiger partial charge in [-0.05, 0) is 24.8 Å². The van der Waals surface area contributed by atoms with Crippen LogP contribution in [0.2, 0.25) is 0 Å². The summed E-state index contributed by atoms with van der Waals surface area (Å²) in [6.45, 7) is 2.65. The van der Waals surface area contributed by atoms with Crippen molar-refractivity contribution in [3.05, 3.63) is 35.9 Å². The Labute approximate surface area is 121 Å². The average Bonchev–Trinajstić information content (AvgIpc) is 3.18. The molecule has 1 aromatic carbocycles. The van der Waals surface area contributed by atoms with Crippen molar-refractivity contribution in [2.75, 3.05) is 6.54 Å². The highest BCUT2D eigenvalue weighted by Gasteiger charge is 2.48. The van der Waals surface area contributed by atoms with E-state index in [2.05, 4.69) is 12.2 Å². The maximum absolute atomic E-state index is 12.1. The molecule has 1 aliphatic carbocycles. The van der Waals surface area contributed by atoms with Gasteiger partial charge in [0.15, 0.2) is 0 Å². The molecule has 0 bridgehead atoms. The molecular formula is C15H23ClN2O. The van der Waals surface area contributed by atoms with Gasteiger partial charge in [-0.15, -0.1) is 12.4 Å². The Morgan fingerprint density at radius 1 is 1.37 bits per heavy atom. The Balaban J connectivity index is 0.00000180. The number of halogens is 1. The SMILES string of the molecule is CCCC1(C(=O)NCC(N)c2ccccc2)CC1.Cl. The maximum atomic E-state index is 12.1. The number of hydrogen-bond donors (Lipinski definition) is 2. The van der Waals surface area contributed by atoms with Gasteiger partial charge in [0.25, 0.3) is 0 Å². The third kappa shape index (κ3) is 3.95. The summed E-state index contributed by atoms with van der Waals surface area (Å²) in [7, 11) is 0. The van der Waals surface area contributed by atoms with Crippen LogP contribution in [0.3, 0.4) is 0 Å². The van der Waals surface area contributed by atoms with E-state index < -0.39 is 0 Å². The summed E-state index contributed by atoms with van der Waals surface area (Å²) in [6, 6.07) is 9.78. The highest BCUT2D eigenvalue weighted by Crippen LogP contribution is 2.49. The number of carbonyl (C=O) groups excluding carboxylic acids is 1. The molecule has 0 radical (unpaired) electrons. The van der Waals surface area contributed by atoms with Gasteiger partial charge in [-0.2, -0.15) is 0 Å². The number of carbonyl (C=O) groups is 1. The van der Waals surface area contributed by atoms with E-state index in [1.54, 1.807) is 0 Å². The van der Waals surface area contributed by atoms with E-state index in [9.17, 15) is 4.79 Å². The predicted octanol–water partition coefficient (Wildman–Crippen LogP) is 2.80. The van der Waals surface area contributed by atoms with E-state index >= 15 is 0 Å². The van der Waals surface area contributed by atoms with Crippen molar-refractivity contribution >= 4 is 18.3 Å². The van der Waals surface area contributed by atoms with Crippen LogP contribution in [0.25, 0.3) is 0 Å². The largest absolute Gasteiger partial charge is 0.354 e. The lowest BCUT2D eigenvalue weighted by molar-refractivity contribution is -0.126. The quantitative estimate of drug-likeness (QED) is 0.843. The minimum Gasteiger partial charge on any atom is -0.354 e. The smallest absolute Gasteiger partial charge is 0.226 e.